The number of nitriles is 1. The van der Waals surface area contributed by atoms with E-state index in [1.165, 1.54) is 18.2 Å². The standard InChI is InChI=1S/C26H16BrFN2O4/c1-13-18-8-4-15(27)10-21(18)33-24(13)26(31)32-17-7-9-19-22(11-17)34-25(30)20(12-29)23(19)14-2-5-16(28)6-3-14/h2-11,23H,30H2,1H3. The first-order valence-corrected chi connectivity index (χ1v) is 11.0. The summed E-state index contributed by atoms with van der Waals surface area (Å²) in [5.74, 6) is -1.00. The van der Waals surface area contributed by atoms with E-state index in [-0.39, 0.29) is 28.8 Å². The van der Waals surface area contributed by atoms with Gasteiger partial charge in [-0.3, -0.25) is 0 Å². The second-order valence-electron chi connectivity index (χ2n) is 7.76. The molecule has 0 saturated carbocycles. The zero-order valence-corrected chi connectivity index (χ0v) is 19.4. The number of nitrogens with zero attached hydrogens (tertiary/aromatic N) is 1. The van der Waals surface area contributed by atoms with Crippen LogP contribution in [0.5, 0.6) is 11.5 Å². The third-order valence-electron chi connectivity index (χ3n) is 5.69. The fraction of sp³-hybridized carbons (Fsp3) is 0.0769. The van der Waals surface area contributed by atoms with Gasteiger partial charge in [0.25, 0.3) is 0 Å². The molecule has 0 amide bonds. The molecule has 2 N–H and O–H groups in total. The molecule has 1 aliphatic heterocycles. The van der Waals surface area contributed by atoms with Crippen LogP contribution in [-0.4, -0.2) is 5.97 Å². The number of furan rings is 1. The lowest BCUT2D eigenvalue weighted by molar-refractivity contribution is 0.0702. The summed E-state index contributed by atoms with van der Waals surface area (Å²) in [6, 6.07) is 18.2. The molecule has 3 aromatic carbocycles. The number of rotatable bonds is 3. The first-order valence-electron chi connectivity index (χ1n) is 10.2. The third kappa shape index (κ3) is 3.70. The van der Waals surface area contributed by atoms with Gasteiger partial charge in [0.1, 0.15) is 34.5 Å². The number of aryl methyl sites for hydroxylation is 1. The molecule has 0 aliphatic carbocycles. The van der Waals surface area contributed by atoms with Gasteiger partial charge in [-0.05, 0) is 48.9 Å². The molecule has 1 unspecified atom stereocenters. The zero-order chi connectivity index (χ0) is 24.0. The Labute approximate surface area is 202 Å². The van der Waals surface area contributed by atoms with Gasteiger partial charge in [0, 0.05) is 27.1 Å². The van der Waals surface area contributed by atoms with E-state index in [9.17, 15) is 14.4 Å². The normalized spacial score (nSPS) is 14.9. The van der Waals surface area contributed by atoms with E-state index in [4.69, 9.17) is 19.6 Å². The van der Waals surface area contributed by atoms with E-state index in [1.54, 1.807) is 37.3 Å². The quantitative estimate of drug-likeness (QED) is 0.260. The van der Waals surface area contributed by atoms with Gasteiger partial charge in [-0.1, -0.05) is 34.1 Å². The molecule has 1 aliphatic rings. The fourth-order valence-electron chi connectivity index (χ4n) is 4.04. The van der Waals surface area contributed by atoms with Crippen molar-refractivity contribution in [3.05, 3.63) is 105 Å². The molecular formula is C26H16BrFN2O4. The summed E-state index contributed by atoms with van der Waals surface area (Å²) >= 11 is 3.39. The van der Waals surface area contributed by atoms with Gasteiger partial charge in [-0.25, -0.2) is 9.18 Å². The fourth-order valence-corrected chi connectivity index (χ4v) is 4.38. The van der Waals surface area contributed by atoms with Crippen molar-refractivity contribution >= 4 is 32.9 Å². The third-order valence-corrected chi connectivity index (χ3v) is 6.18. The molecule has 34 heavy (non-hydrogen) atoms. The molecule has 0 spiro atoms. The summed E-state index contributed by atoms with van der Waals surface area (Å²) < 4.78 is 31.2. The number of halogens is 2. The van der Waals surface area contributed by atoms with Crippen LogP contribution in [0.3, 0.4) is 0 Å². The summed E-state index contributed by atoms with van der Waals surface area (Å²) in [6.07, 6.45) is 0. The van der Waals surface area contributed by atoms with Crippen LogP contribution in [0, 0.1) is 24.1 Å². The summed E-state index contributed by atoms with van der Waals surface area (Å²) in [4.78, 5) is 12.9. The minimum Gasteiger partial charge on any atom is -0.449 e. The number of ether oxygens (including phenoxy) is 2. The molecule has 0 radical (unpaired) electrons. The van der Waals surface area contributed by atoms with E-state index >= 15 is 0 Å². The van der Waals surface area contributed by atoms with Gasteiger partial charge < -0.3 is 19.6 Å². The molecule has 0 saturated heterocycles. The van der Waals surface area contributed by atoms with Crippen molar-refractivity contribution in [2.75, 3.05) is 0 Å². The van der Waals surface area contributed by atoms with Crippen LogP contribution in [0.25, 0.3) is 11.0 Å². The van der Waals surface area contributed by atoms with Crippen LogP contribution >= 0.6 is 15.9 Å². The van der Waals surface area contributed by atoms with E-state index in [0.29, 0.717) is 28.0 Å². The van der Waals surface area contributed by atoms with Gasteiger partial charge in [0.15, 0.2) is 0 Å². The highest BCUT2D eigenvalue weighted by molar-refractivity contribution is 9.10. The number of carbonyl (C=O) groups excluding carboxylic acids is 1. The minimum atomic E-state index is -0.656. The topological polar surface area (TPSA) is 98.5 Å². The number of carbonyl (C=O) groups is 1. The second-order valence-corrected chi connectivity index (χ2v) is 8.68. The molecule has 1 aromatic heterocycles. The molecule has 1 atom stereocenters. The Morgan fingerprint density at radius 3 is 2.65 bits per heavy atom. The van der Waals surface area contributed by atoms with Crippen molar-refractivity contribution in [2.45, 2.75) is 12.8 Å². The van der Waals surface area contributed by atoms with Crippen LogP contribution in [0.4, 0.5) is 4.39 Å². The Bertz CT molecular complexity index is 1530. The predicted molar refractivity (Wildman–Crippen MR) is 126 cm³/mol. The SMILES string of the molecule is Cc1c(C(=O)Oc2ccc3c(c2)OC(N)=C(C#N)C3c2ccc(F)cc2)oc2cc(Br)ccc12. The number of hydrogen-bond acceptors (Lipinski definition) is 6. The maximum atomic E-state index is 13.5. The van der Waals surface area contributed by atoms with Crippen molar-refractivity contribution in [2.24, 2.45) is 5.73 Å². The Balaban J connectivity index is 1.49. The summed E-state index contributed by atoms with van der Waals surface area (Å²) in [5, 5.41) is 10.5. The van der Waals surface area contributed by atoms with E-state index in [2.05, 4.69) is 22.0 Å². The molecule has 0 fully saturated rings. The van der Waals surface area contributed by atoms with Crippen molar-refractivity contribution in [1.82, 2.24) is 0 Å². The highest BCUT2D eigenvalue weighted by Crippen LogP contribution is 2.43. The number of fused-ring (bicyclic) bond motifs is 2. The Morgan fingerprint density at radius 2 is 1.91 bits per heavy atom. The number of nitrogens with two attached hydrogens (primary N) is 1. The van der Waals surface area contributed by atoms with Crippen LogP contribution in [0.1, 0.15) is 33.2 Å². The van der Waals surface area contributed by atoms with E-state index < -0.39 is 11.9 Å². The number of hydrogen-bond donors (Lipinski definition) is 1. The lowest BCUT2D eigenvalue weighted by Crippen LogP contribution is -2.21. The van der Waals surface area contributed by atoms with Gasteiger partial charge in [-0.15, -0.1) is 0 Å². The number of allylic oxidation sites excluding steroid dienone is 1. The smallest absolute Gasteiger partial charge is 0.379 e. The molecule has 5 rings (SSSR count). The monoisotopic (exact) mass is 518 g/mol. The Hall–Kier alpha value is -4.09. The van der Waals surface area contributed by atoms with E-state index in [0.717, 1.165) is 9.86 Å². The molecule has 4 aromatic rings. The zero-order valence-electron chi connectivity index (χ0n) is 17.8. The number of benzene rings is 3. The maximum Gasteiger partial charge on any atom is 0.379 e. The van der Waals surface area contributed by atoms with Gasteiger partial charge in [0.2, 0.25) is 11.6 Å². The average molecular weight is 519 g/mol. The largest absolute Gasteiger partial charge is 0.449 e. The van der Waals surface area contributed by atoms with Gasteiger partial charge in [0.05, 0.1) is 5.92 Å². The lowest BCUT2D eigenvalue weighted by Gasteiger charge is -2.26. The number of esters is 1. The highest BCUT2D eigenvalue weighted by atomic mass is 79.9. The van der Waals surface area contributed by atoms with Crippen LogP contribution in [0.15, 0.2) is 81.0 Å². The van der Waals surface area contributed by atoms with Crippen molar-refractivity contribution in [3.8, 4) is 17.6 Å². The Kier molecular flexibility index (Phi) is 5.34. The molecule has 6 nitrogen and oxygen atoms in total. The summed E-state index contributed by atoms with van der Waals surface area (Å²) in [7, 11) is 0. The molecular weight excluding hydrogens is 503 g/mol. The molecule has 168 valence electrons. The predicted octanol–water partition coefficient (Wildman–Crippen LogP) is 6.08. The minimum absolute atomic E-state index is 0.0634. The van der Waals surface area contributed by atoms with Crippen LogP contribution in [-0.2, 0) is 0 Å². The van der Waals surface area contributed by atoms with Crippen LogP contribution in [0.2, 0.25) is 0 Å². The van der Waals surface area contributed by atoms with Crippen molar-refractivity contribution < 1.29 is 23.1 Å². The molecule has 2 heterocycles. The van der Waals surface area contributed by atoms with Crippen LogP contribution < -0.4 is 15.2 Å². The van der Waals surface area contributed by atoms with Gasteiger partial charge in [-0.2, -0.15) is 5.26 Å². The Morgan fingerprint density at radius 1 is 1.15 bits per heavy atom. The lowest BCUT2D eigenvalue weighted by atomic mass is 9.83. The summed E-state index contributed by atoms with van der Waals surface area (Å²) in [6.45, 7) is 1.79. The van der Waals surface area contributed by atoms with Crippen molar-refractivity contribution in [3.63, 3.8) is 0 Å². The van der Waals surface area contributed by atoms with E-state index in [1.807, 2.05) is 12.1 Å². The summed E-state index contributed by atoms with van der Waals surface area (Å²) in [5.41, 5.74) is 8.79. The average Bonchev–Trinajstić information content (AvgIpc) is 3.14. The maximum absolute atomic E-state index is 13.5. The highest BCUT2D eigenvalue weighted by Gasteiger charge is 2.31. The van der Waals surface area contributed by atoms with Gasteiger partial charge >= 0.3 is 5.97 Å². The van der Waals surface area contributed by atoms with Crippen molar-refractivity contribution in [1.29, 1.82) is 5.26 Å². The second kappa shape index (κ2) is 8.36. The first kappa shape index (κ1) is 21.7. The molecule has 0 bridgehead atoms. The molecule has 8 heteroatoms. The first-order chi connectivity index (χ1) is 16.4.